The van der Waals surface area contributed by atoms with Crippen LogP contribution in [0.4, 0.5) is 0 Å². The van der Waals surface area contributed by atoms with Gasteiger partial charge in [0, 0.05) is 11.9 Å². The number of thioether (sulfide) groups is 1. The molecule has 0 spiro atoms. The van der Waals surface area contributed by atoms with Crippen molar-refractivity contribution < 1.29 is 4.52 Å². The van der Waals surface area contributed by atoms with Gasteiger partial charge in [0.25, 0.3) is 5.95 Å². The Hall–Kier alpha value is -2.67. The summed E-state index contributed by atoms with van der Waals surface area (Å²) in [6, 6.07) is 13.8. The van der Waals surface area contributed by atoms with Crippen LogP contribution in [0.15, 0.2) is 64.7 Å². The molecule has 3 heterocycles. The van der Waals surface area contributed by atoms with Gasteiger partial charge in [-0.15, -0.1) is 0 Å². The lowest BCUT2D eigenvalue weighted by Gasteiger charge is -2.03. The fourth-order valence-corrected chi connectivity index (χ4v) is 3.10. The lowest BCUT2D eigenvalue weighted by Crippen LogP contribution is -1.99. The second-order valence-corrected chi connectivity index (χ2v) is 5.50. The lowest BCUT2D eigenvalue weighted by atomic mass is 10.3. The van der Waals surface area contributed by atoms with E-state index in [0.29, 0.717) is 5.95 Å². The van der Waals surface area contributed by atoms with Gasteiger partial charge in [-0.25, -0.2) is 4.98 Å². The minimum absolute atomic E-state index is 0.484. The molecule has 0 aliphatic heterocycles. The highest BCUT2D eigenvalue weighted by molar-refractivity contribution is 7.98. The standard InChI is InChI=1S/C15H11N5OS/c1-2-7-13-12(6-1)18-15(20(13)14-17-10-21-19-14)22-9-11-5-3-4-8-16-11/h1-8,10H,9H2. The Bertz CT molecular complexity index is 889. The maximum Gasteiger partial charge on any atom is 0.276 e. The maximum atomic E-state index is 4.87. The van der Waals surface area contributed by atoms with Crippen molar-refractivity contribution in [2.45, 2.75) is 10.9 Å². The van der Waals surface area contributed by atoms with Crippen LogP contribution in [0, 0.1) is 0 Å². The van der Waals surface area contributed by atoms with Gasteiger partial charge in [0.2, 0.25) is 6.39 Å². The Balaban J connectivity index is 1.75. The molecule has 22 heavy (non-hydrogen) atoms. The molecule has 0 bridgehead atoms. The summed E-state index contributed by atoms with van der Waals surface area (Å²) < 4.78 is 6.77. The molecule has 0 N–H and O–H groups in total. The van der Waals surface area contributed by atoms with E-state index in [0.717, 1.165) is 27.6 Å². The number of pyridine rings is 1. The molecule has 0 aliphatic carbocycles. The third kappa shape index (κ3) is 2.35. The Morgan fingerprint density at radius 3 is 2.77 bits per heavy atom. The van der Waals surface area contributed by atoms with E-state index in [1.165, 1.54) is 6.39 Å². The number of para-hydroxylation sites is 2. The molecule has 4 rings (SSSR count). The summed E-state index contributed by atoms with van der Waals surface area (Å²) >= 11 is 1.59. The normalized spacial score (nSPS) is 11.1. The van der Waals surface area contributed by atoms with Gasteiger partial charge in [-0.1, -0.05) is 30.0 Å². The van der Waals surface area contributed by atoms with Crippen molar-refractivity contribution in [2.24, 2.45) is 0 Å². The Labute approximate surface area is 130 Å². The van der Waals surface area contributed by atoms with Gasteiger partial charge in [0.15, 0.2) is 5.16 Å². The average molecular weight is 309 g/mol. The van der Waals surface area contributed by atoms with Crippen molar-refractivity contribution in [3.8, 4) is 5.95 Å². The number of fused-ring (bicyclic) bond motifs is 1. The second kappa shape index (κ2) is 5.61. The third-order valence-electron chi connectivity index (χ3n) is 3.15. The van der Waals surface area contributed by atoms with Gasteiger partial charge in [-0.2, -0.15) is 4.98 Å². The van der Waals surface area contributed by atoms with Crippen LogP contribution in [0.5, 0.6) is 0 Å². The number of rotatable bonds is 4. The summed E-state index contributed by atoms with van der Waals surface area (Å²) in [6.07, 6.45) is 3.11. The molecule has 1 aromatic carbocycles. The molecule has 0 amide bonds. The Morgan fingerprint density at radius 2 is 1.95 bits per heavy atom. The zero-order valence-electron chi connectivity index (χ0n) is 11.5. The molecule has 3 aromatic heterocycles. The molecule has 108 valence electrons. The largest absolute Gasteiger partial charge is 0.341 e. The number of nitrogens with zero attached hydrogens (tertiary/aromatic N) is 5. The van der Waals surface area contributed by atoms with E-state index in [1.54, 1.807) is 18.0 Å². The maximum absolute atomic E-state index is 4.87. The van der Waals surface area contributed by atoms with Gasteiger partial charge in [-0.3, -0.25) is 9.55 Å². The Kier molecular flexibility index (Phi) is 3.32. The van der Waals surface area contributed by atoms with Gasteiger partial charge in [0.05, 0.1) is 16.7 Å². The first-order valence-corrected chi connectivity index (χ1v) is 7.67. The summed E-state index contributed by atoms with van der Waals surface area (Å²) in [5.74, 6) is 1.21. The van der Waals surface area contributed by atoms with Crippen LogP contribution >= 0.6 is 11.8 Å². The molecule has 4 aromatic rings. The van der Waals surface area contributed by atoms with E-state index in [-0.39, 0.29) is 0 Å². The molecule has 6 nitrogen and oxygen atoms in total. The van der Waals surface area contributed by atoms with E-state index < -0.39 is 0 Å². The van der Waals surface area contributed by atoms with Crippen LogP contribution < -0.4 is 0 Å². The van der Waals surface area contributed by atoms with Crippen molar-refractivity contribution in [2.75, 3.05) is 0 Å². The number of hydrogen-bond donors (Lipinski definition) is 0. The number of aromatic nitrogens is 5. The van der Waals surface area contributed by atoms with Gasteiger partial charge in [0.1, 0.15) is 0 Å². The van der Waals surface area contributed by atoms with Crippen LogP contribution in [0.1, 0.15) is 5.69 Å². The molecule has 0 saturated carbocycles. The van der Waals surface area contributed by atoms with Gasteiger partial charge >= 0.3 is 0 Å². The zero-order chi connectivity index (χ0) is 14.8. The summed E-state index contributed by atoms with van der Waals surface area (Å²) in [7, 11) is 0. The quantitative estimate of drug-likeness (QED) is 0.540. The van der Waals surface area contributed by atoms with Crippen LogP contribution in [0.25, 0.3) is 17.0 Å². The molecular formula is C15H11N5OS. The highest BCUT2D eigenvalue weighted by Gasteiger charge is 2.15. The fraction of sp³-hybridized carbons (Fsp3) is 0.0667. The minimum atomic E-state index is 0.484. The topological polar surface area (TPSA) is 69.6 Å². The van der Waals surface area contributed by atoms with Crippen LogP contribution in [-0.4, -0.2) is 24.7 Å². The number of hydrogen-bond acceptors (Lipinski definition) is 6. The van der Waals surface area contributed by atoms with E-state index in [9.17, 15) is 0 Å². The first-order valence-electron chi connectivity index (χ1n) is 6.69. The van der Waals surface area contributed by atoms with Crippen LogP contribution in [-0.2, 0) is 5.75 Å². The monoisotopic (exact) mass is 309 g/mol. The van der Waals surface area contributed by atoms with Crippen molar-refractivity contribution in [3.05, 3.63) is 60.7 Å². The highest BCUT2D eigenvalue weighted by Crippen LogP contribution is 2.28. The molecule has 7 heteroatoms. The lowest BCUT2D eigenvalue weighted by molar-refractivity contribution is 0.413. The minimum Gasteiger partial charge on any atom is -0.341 e. The number of benzene rings is 1. The van der Waals surface area contributed by atoms with E-state index >= 15 is 0 Å². The predicted molar refractivity (Wildman–Crippen MR) is 82.7 cm³/mol. The van der Waals surface area contributed by atoms with Crippen molar-refractivity contribution in [3.63, 3.8) is 0 Å². The van der Waals surface area contributed by atoms with E-state index in [4.69, 9.17) is 4.52 Å². The second-order valence-electron chi connectivity index (χ2n) is 4.56. The van der Waals surface area contributed by atoms with Crippen molar-refractivity contribution in [1.29, 1.82) is 0 Å². The summed E-state index contributed by atoms with van der Waals surface area (Å²) in [5, 5.41) is 4.75. The smallest absolute Gasteiger partial charge is 0.276 e. The van der Waals surface area contributed by atoms with Gasteiger partial charge in [-0.05, 0) is 29.4 Å². The summed E-state index contributed by atoms with van der Waals surface area (Å²) in [6.45, 7) is 0. The summed E-state index contributed by atoms with van der Waals surface area (Å²) in [4.78, 5) is 13.1. The van der Waals surface area contributed by atoms with Crippen LogP contribution in [0.2, 0.25) is 0 Å². The molecule has 0 fully saturated rings. The number of imidazole rings is 1. The van der Waals surface area contributed by atoms with E-state index in [1.807, 2.05) is 47.0 Å². The zero-order valence-corrected chi connectivity index (χ0v) is 12.3. The first kappa shape index (κ1) is 13.0. The van der Waals surface area contributed by atoms with Crippen LogP contribution in [0.3, 0.4) is 0 Å². The molecule has 0 atom stereocenters. The Morgan fingerprint density at radius 1 is 1.05 bits per heavy atom. The molecule has 0 saturated heterocycles. The molecule has 0 aliphatic rings. The first-order chi connectivity index (χ1) is 10.9. The fourth-order valence-electron chi connectivity index (χ4n) is 2.18. The van der Waals surface area contributed by atoms with E-state index in [2.05, 4.69) is 20.1 Å². The SMILES string of the molecule is c1ccc(CSc2nc3ccccc3n2-c2ncon2)nc1. The molecular weight excluding hydrogens is 298 g/mol. The molecule has 0 radical (unpaired) electrons. The van der Waals surface area contributed by atoms with Gasteiger partial charge < -0.3 is 4.52 Å². The highest BCUT2D eigenvalue weighted by atomic mass is 32.2. The summed E-state index contributed by atoms with van der Waals surface area (Å²) in [5.41, 5.74) is 2.85. The molecule has 0 unspecified atom stereocenters. The van der Waals surface area contributed by atoms with Crippen molar-refractivity contribution in [1.82, 2.24) is 24.7 Å². The average Bonchev–Trinajstić information content (AvgIpc) is 3.20. The predicted octanol–water partition coefficient (Wildman–Crippen LogP) is 3.10. The third-order valence-corrected chi connectivity index (χ3v) is 4.13. The van der Waals surface area contributed by atoms with Crippen molar-refractivity contribution >= 4 is 22.8 Å².